The van der Waals surface area contributed by atoms with Gasteiger partial charge < -0.3 is 0 Å². The Hall–Kier alpha value is -1.04. The third kappa shape index (κ3) is 3.74. The topological polar surface area (TPSA) is 0 Å². The molecule has 6 rings (SSSR count). The molecule has 0 amide bonds. The Morgan fingerprint density at radius 1 is 0.514 bits per heavy atom. The van der Waals surface area contributed by atoms with E-state index in [9.17, 15) is 0 Å². The summed E-state index contributed by atoms with van der Waals surface area (Å²) in [5.41, 5.74) is 8.17. The van der Waals surface area contributed by atoms with Gasteiger partial charge in [0.05, 0.1) is 0 Å². The zero-order chi connectivity index (χ0) is 25.0. The van der Waals surface area contributed by atoms with Crippen molar-refractivity contribution in [2.24, 2.45) is 57.2 Å². The van der Waals surface area contributed by atoms with Crippen LogP contribution in [-0.4, -0.2) is 0 Å². The number of fused-ring (bicyclic) bond motifs is 5. The van der Waals surface area contributed by atoms with Gasteiger partial charge in [0.15, 0.2) is 0 Å². The van der Waals surface area contributed by atoms with E-state index < -0.39 is 0 Å². The highest BCUT2D eigenvalue weighted by Crippen LogP contribution is 2.64. The first-order chi connectivity index (χ1) is 16.3. The van der Waals surface area contributed by atoms with Crippen LogP contribution in [0, 0.1) is 57.2 Å². The van der Waals surface area contributed by atoms with Crippen LogP contribution in [0.2, 0.25) is 0 Å². The molecule has 0 aromatic rings. The minimum absolute atomic E-state index is 0.320. The molecule has 0 bridgehead atoms. The summed E-state index contributed by atoms with van der Waals surface area (Å²) in [4.78, 5) is 0. The molecule has 0 radical (unpaired) electrons. The zero-order valence-corrected chi connectivity index (χ0v) is 24.1. The lowest BCUT2D eigenvalue weighted by atomic mass is 9.56. The summed E-state index contributed by atoms with van der Waals surface area (Å²) in [5, 5.41) is 0. The number of allylic oxidation sites excluding steroid dienone is 8. The number of rotatable bonds is 2. The maximum Gasteiger partial charge on any atom is -0.00924 e. The molecule has 6 aliphatic carbocycles. The van der Waals surface area contributed by atoms with Crippen molar-refractivity contribution >= 4 is 0 Å². The third-order valence-corrected chi connectivity index (χ3v) is 12.1. The smallest absolute Gasteiger partial charge is 0.00924 e. The highest BCUT2D eigenvalue weighted by Gasteiger charge is 2.54. The molecule has 6 aliphatic rings. The number of hydrogen-bond donors (Lipinski definition) is 0. The van der Waals surface area contributed by atoms with Crippen molar-refractivity contribution < 1.29 is 0 Å². The van der Waals surface area contributed by atoms with Gasteiger partial charge in [0.2, 0.25) is 0 Å². The van der Waals surface area contributed by atoms with E-state index in [1.54, 1.807) is 22.3 Å². The summed E-state index contributed by atoms with van der Waals surface area (Å²) >= 11 is 0. The lowest BCUT2D eigenvalue weighted by molar-refractivity contribution is 0.238. The highest BCUT2D eigenvalue weighted by molar-refractivity contribution is 5.51. The lowest BCUT2D eigenvalue weighted by Gasteiger charge is -2.48. The van der Waals surface area contributed by atoms with Gasteiger partial charge in [-0.1, -0.05) is 105 Å². The first kappa shape index (κ1) is 24.3. The second kappa shape index (κ2) is 7.74. The fourth-order valence-corrected chi connectivity index (χ4v) is 9.48. The van der Waals surface area contributed by atoms with Crippen molar-refractivity contribution in [2.75, 3.05) is 0 Å². The largest absolute Gasteiger partial charge is 0.0765 e. The van der Waals surface area contributed by atoms with E-state index in [4.69, 9.17) is 0 Å². The lowest BCUT2D eigenvalue weighted by Crippen LogP contribution is -2.36. The van der Waals surface area contributed by atoms with Gasteiger partial charge in [0.25, 0.3) is 0 Å². The molecule has 0 nitrogen and oxygen atoms in total. The molecule has 0 aliphatic heterocycles. The Balaban J connectivity index is 1.48. The summed E-state index contributed by atoms with van der Waals surface area (Å²) in [6, 6.07) is 0. The van der Waals surface area contributed by atoms with Gasteiger partial charge in [-0.2, -0.15) is 0 Å². The van der Waals surface area contributed by atoms with Crippen LogP contribution in [0.25, 0.3) is 0 Å². The van der Waals surface area contributed by atoms with Gasteiger partial charge in [0, 0.05) is 0 Å². The summed E-state index contributed by atoms with van der Waals surface area (Å²) in [7, 11) is 0. The second-order valence-electron chi connectivity index (χ2n) is 16.2. The van der Waals surface area contributed by atoms with Crippen LogP contribution >= 0.6 is 0 Å². The van der Waals surface area contributed by atoms with Crippen LogP contribution in [0.1, 0.15) is 113 Å². The molecule has 35 heavy (non-hydrogen) atoms. The van der Waals surface area contributed by atoms with Crippen molar-refractivity contribution in [2.45, 2.75) is 113 Å². The molecule has 0 heterocycles. The quantitative estimate of drug-likeness (QED) is 0.375. The molecule has 5 atom stereocenters. The predicted octanol–water partition coefficient (Wildman–Crippen LogP) is 10.1. The van der Waals surface area contributed by atoms with Crippen LogP contribution in [0.3, 0.4) is 0 Å². The average Bonchev–Trinajstić information content (AvgIpc) is 3.40. The molecule has 0 N–H and O–H groups in total. The van der Waals surface area contributed by atoms with Crippen molar-refractivity contribution in [1.82, 2.24) is 0 Å². The maximum atomic E-state index is 2.87. The van der Waals surface area contributed by atoms with E-state index in [-0.39, 0.29) is 0 Å². The molecule has 0 aromatic heterocycles. The van der Waals surface area contributed by atoms with Crippen molar-refractivity contribution in [3.63, 3.8) is 0 Å². The van der Waals surface area contributed by atoms with Gasteiger partial charge in [-0.25, -0.2) is 0 Å². The third-order valence-electron chi connectivity index (χ3n) is 12.1. The van der Waals surface area contributed by atoms with Crippen LogP contribution in [0.15, 0.2) is 46.6 Å². The first-order valence-electron chi connectivity index (χ1n) is 15.2. The minimum atomic E-state index is 0.320. The van der Waals surface area contributed by atoms with Crippen LogP contribution in [0.4, 0.5) is 0 Å². The van der Waals surface area contributed by atoms with Crippen molar-refractivity contribution in [3.05, 3.63) is 46.6 Å². The van der Waals surface area contributed by atoms with Gasteiger partial charge >= 0.3 is 0 Å². The summed E-state index contributed by atoms with van der Waals surface area (Å²) in [6.45, 7) is 20.2. The molecule has 4 saturated carbocycles. The normalized spacial score (nSPS) is 40.4. The molecule has 0 aromatic carbocycles. The van der Waals surface area contributed by atoms with Gasteiger partial charge in [-0.3, -0.25) is 0 Å². The zero-order valence-electron chi connectivity index (χ0n) is 24.1. The predicted molar refractivity (Wildman–Crippen MR) is 150 cm³/mol. The Labute approximate surface area is 216 Å². The Bertz CT molecular complexity index is 938. The van der Waals surface area contributed by atoms with Crippen LogP contribution < -0.4 is 0 Å². The SMILES string of the molecule is CC1(C)CCC(C)(C)C2=C[C@@H]3C(C=C21)C(CC1CCCC1)C1C=C2C(=C[C@@H]13)C(C)(C)CCC2(C)C. The summed E-state index contributed by atoms with van der Waals surface area (Å²) in [6.07, 6.45) is 24.1. The molecule has 4 fully saturated rings. The van der Waals surface area contributed by atoms with Crippen LogP contribution in [-0.2, 0) is 0 Å². The molecule has 3 unspecified atom stereocenters. The fourth-order valence-electron chi connectivity index (χ4n) is 9.48. The van der Waals surface area contributed by atoms with E-state index in [0.717, 1.165) is 23.7 Å². The molecule has 0 heteroatoms. The molecular formula is C35H52. The van der Waals surface area contributed by atoms with Crippen LogP contribution in [0.5, 0.6) is 0 Å². The van der Waals surface area contributed by atoms with E-state index in [1.807, 2.05) is 0 Å². The second-order valence-corrected chi connectivity index (χ2v) is 16.2. The summed E-state index contributed by atoms with van der Waals surface area (Å²) in [5.74, 6) is 4.66. The Morgan fingerprint density at radius 3 is 1.17 bits per heavy atom. The van der Waals surface area contributed by atoms with E-state index >= 15 is 0 Å². The van der Waals surface area contributed by atoms with Gasteiger partial charge in [-0.05, 0) is 112 Å². The molecule has 0 spiro atoms. The standard InChI is InChI=1S/C35H52/c1-32(2)13-15-34(5,6)30-20-26-24(18-28(30)32)23(17-22-11-9-10-12-22)25-19-29-31(21-27(25)26)35(7,8)16-14-33(29,3)4/h18-27H,9-17H2,1-8H3/t23?,24?,25?,26-,27+. The van der Waals surface area contributed by atoms with Crippen molar-refractivity contribution in [1.29, 1.82) is 0 Å². The fraction of sp³-hybridized carbons (Fsp3) is 0.771. The molecular weight excluding hydrogens is 420 g/mol. The highest BCUT2D eigenvalue weighted by atomic mass is 14.6. The maximum absolute atomic E-state index is 2.87. The Kier molecular flexibility index (Phi) is 5.37. The average molecular weight is 473 g/mol. The Morgan fingerprint density at radius 2 is 0.829 bits per heavy atom. The molecule has 0 saturated heterocycles. The minimum Gasteiger partial charge on any atom is -0.0765 e. The van der Waals surface area contributed by atoms with Gasteiger partial charge in [-0.15, -0.1) is 0 Å². The van der Waals surface area contributed by atoms with Gasteiger partial charge in [0.1, 0.15) is 0 Å². The van der Waals surface area contributed by atoms with E-state index in [0.29, 0.717) is 33.5 Å². The molecule has 192 valence electrons. The van der Waals surface area contributed by atoms with E-state index in [1.165, 1.54) is 57.8 Å². The number of hydrogen-bond acceptors (Lipinski definition) is 0. The monoisotopic (exact) mass is 472 g/mol. The van der Waals surface area contributed by atoms with E-state index in [2.05, 4.69) is 79.7 Å². The summed E-state index contributed by atoms with van der Waals surface area (Å²) < 4.78 is 0. The van der Waals surface area contributed by atoms with Crippen molar-refractivity contribution in [3.8, 4) is 0 Å². The first-order valence-corrected chi connectivity index (χ1v) is 15.2.